The molecule has 2 fully saturated rings. The van der Waals surface area contributed by atoms with Crippen molar-refractivity contribution in [3.05, 3.63) is 29.3 Å². The molecule has 130 valence electrons. The number of piperidine rings is 1. The number of rotatable bonds is 5. The largest absolute Gasteiger partial charge is 0.490 e. The SMILES string of the molecule is Cc1cccc(C)c1OCC(O)CN1C(=O)C2CCCCN2C1=O. The molecule has 1 aromatic carbocycles. The molecule has 24 heavy (non-hydrogen) atoms. The predicted octanol–water partition coefficient (Wildman–Crippen LogP) is 1.86. The molecule has 0 radical (unpaired) electrons. The van der Waals surface area contributed by atoms with Crippen LogP contribution in [0.2, 0.25) is 0 Å². The van der Waals surface area contributed by atoms with E-state index in [4.69, 9.17) is 4.74 Å². The summed E-state index contributed by atoms with van der Waals surface area (Å²) in [7, 11) is 0. The number of amides is 3. The molecule has 0 aliphatic carbocycles. The number of benzene rings is 1. The van der Waals surface area contributed by atoms with Crippen molar-refractivity contribution in [3.63, 3.8) is 0 Å². The molecule has 2 aliphatic rings. The molecule has 1 aromatic rings. The summed E-state index contributed by atoms with van der Waals surface area (Å²) < 4.78 is 5.72. The van der Waals surface area contributed by atoms with Crippen LogP contribution in [0.1, 0.15) is 30.4 Å². The van der Waals surface area contributed by atoms with Crippen molar-refractivity contribution in [2.45, 2.75) is 45.3 Å². The van der Waals surface area contributed by atoms with Gasteiger partial charge in [-0.15, -0.1) is 0 Å². The molecule has 1 N–H and O–H groups in total. The number of para-hydroxylation sites is 1. The van der Waals surface area contributed by atoms with Crippen LogP contribution in [0.4, 0.5) is 4.79 Å². The first-order chi connectivity index (χ1) is 11.5. The van der Waals surface area contributed by atoms with Crippen molar-refractivity contribution in [1.29, 1.82) is 0 Å². The molecule has 2 aliphatic heterocycles. The first-order valence-corrected chi connectivity index (χ1v) is 8.48. The van der Waals surface area contributed by atoms with Crippen LogP contribution >= 0.6 is 0 Å². The van der Waals surface area contributed by atoms with E-state index in [1.54, 1.807) is 4.90 Å². The second kappa shape index (κ2) is 6.81. The van der Waals surface area contributed by atoms with E-state index in [1.165, 1.54) is 4.90 Å². The standard InChI is InChI=1S/C18H24N2O4/c1-12-6-5-7-13(2)16(12)24-11-14(21)10-20-17(22)15-8-3-4-9-19(15)18(20)23/h5-7,14-15,21H,3-4,8-11H2,1-2H3. The quantitative estimate of drug-likeness (QED) is 0.836. The van der Waals surface area contributed by atoms with Gasteiger partial charge in [0.15, 0.2) is 0 Å². The van der Waals surface area contributed by atoms with E-state index in [1.807, 2.05) is 32.0 Å². The van der Waals surface area contributed by atoms with Crippen molar-refractivity contribution < 1.29 is 19.4 Å². The Morgan fingerprint density at radius 3 is 2.62 bits per heavy atom. The number of nitrogens with zero attached hydrogens (tertiary/aromatic N) is 2. The molecule has 3 rings (SSSR count). The van der Waals surface area contributed by atoms with Crippen LogP contribution < -0.4 is 4.74 Å². The van der Waals surface area contributed by atoms with Crippen LogP contribution in [-0.2, 0) is 4.79 Å². The van der Waals surface area contributed by atoms with Crippen LogP contribution in [0.5, 0.6) is 5.75 Å². The highest BCUT2D eigenvalue weighted by Crippen LogP contribution is 2.27. The molecular formula is C18H24N2O4. The Morgan fingerprint density at radius 2 is 1.96 bits per heavy atom. The summed E-state index contributed by atoms with van der Waals surface area (Å²) >= 11 is 0. The normalized spacial score (nSPS) is 21.9. The molecule has 0 saturated carbocycles. The fourth-order valence-corrected chi connectivity index (χ4v) is 3.48. The lowest BCUT2D eigenvalue weighted by Gasteiger charge is -2.26. The van der Waals surface area contributed by atoms with Gasteiger partial charge in [-0.1, -0.05) is 18.2 Å². The first kappa shape index (κ1) is 16.8. The van der Waals surface area contributed by atoms with E-state index in [-0.39, 0.29) is 31.1 Å². The smallest absolute Gasteiger partial charge is 0.327 e. The molecule has 6 nitrogen and oxygen atoms in total. The van der Waals surface area contributed by atoms with E-state index < -0.39 is 6.10 Å². The molecule has 0 spiro atoms. The van der Waals surface area contributed by atoms with Crippen molar-refractivity contribution in [1.82, 2.24) is 9.80 Å². The van der Waals surface area contributed by atoms with Gasteiger partial charge in [0.1, 0.15) is 24.5 Å². The Morgan fingerprint density at radius 1 is 1.25 bits per heavy atom. The fraction of sp³-hybridized carbons (Fsp3) is 0.556. The first-order valence-electron chi connectivity index (χ1n) is 8.48. The van der Waals surface area contributed by atoms with Crippen molar-refractivity contribution in [3.8, 4) is 5.75 Å². The van der Waals surface area contributed by atoms with Crippen molar-refractivity contribution in [2.75, 3.05) is 19.7 Å². The summed E-state index contributed by atoms with van der Waals surface area (Å²) in [4.78, 5) is 27.5. The number of urea groups is 1. The molecule has 2 unspecified atom stereocenters. The van der Waals surface area contributed by atoms with E-state index in [0.717, 1.165) is 36.1 Å². The number of carbonyl (C=O) groups is 2. The molecule has 0 bridgehead atoms. The highest BCUT2D eigenvalue weighted by molar-refractivity contribution is 6.04. The average molecular weight is 332 g/mol. The van der Waals surface area contributed by atoms with Gasteiger partial charge in [0.05, 0.1) is 6.54 Å². The Labute approximate surface area is 142 Å². The highest BCUT2D eigenvalue weighted by atomic mass is 16.5. The number of imide groups is 1. The predicted molar refractivity (Wildman–Crippen MR) is 88.9 cm³/mol. The van der Waals surface area contributed by atoms with Gasteiger partial charge in [0.2, 0.25) is 0 Å². The Kier molecular flexibility index (Phi) is 4.76. The third-order valence-electron chi connectivity index (χ3n) is 4.75. The van der Waals surface area contributed by atoms with Gasteiger partial charge >= 0.3 is 6.03 Å². The summed E-state index contributed by atoms with van der Waals surface area (Å²) in [6, 6.07) is 5.22. The third-order valence-corrected chi connectivity index (χ3v) is 4.75. The van der Waals surface area contributed by atoms with Crippen LogP contribution in [0.25, 0.3) is 0 Å². The summed E-state index contributed by atoms with van der Waals surface area (Å²) in [5.41, 5.74) is 1.99. The van der Waals surface area contributed by atoms with Gasteiger partial charge in [-0.05, 0) is 44.2 Å². The molecule has 3 amide bonds. The van der Waals surface area contributed by atoms with Crippen LogP contribution in [0.3, 0.4) is 0 Å². The minimum atomic E-state index is -0.904. The van der Waals surface area contributed by atoms with Crippen molar-refractivity contribution >= 4 is 11.9 Å². The molecule has 2 heterocycles. The minimum Gasteiger partial charge on any atom is -0.490 e. The second-order valence-electron chi connectivity index (χ2n) is 6.62. The summed E-state index contributed by atoms with van der Waals surface area (Å²) in [5.74, 6) is 0.555. The highest BCUT2D eigenvalue weighted by Gasteiger charge is 2.46. The van der Waals surface area contributed by atoms with Crippen LogP contribution in [0, 0.1) is 13.8 Å². The molecule has 2 atom stereocenters. The zero-order chi connectivity index (χ0) is 17.3. The number of aliphatic hydroxyl groups is 1. The lowest BCUT2D eigenvalue weighted by molar-refractivity contribution is -0.129. The number of β-amino-alcohol motifs (C(OH)–C–C–N with tert-alkyl or cyclic N) is 1. The fourth-order valence-electron chi connectivity index (χ4n) is 3.48. The molecule has 6 heteroatoms. The van der Waals surface area contributed by atoms with E-state index >= 15 is 0 Å². The monoisotopic (exact) mass is 332 g/mol. The molecule has 0 aromatic heterocycles. The summed E-state index contributed by atoms with van der Waals surface area (Å²) in [6.07, 6.45) is 1.71. The van der Waals surface area contributed by atoms with Gasteiger partial charge in [-0.3, -0.25) is 9.69 Å². The maximum absolute atomic E-state index is 12.4. The maximum atomic E-state index is 12.4. The Bertz CT molecular complexity index is 602. The van der Waals surface area contributed by atoms with Gasteiger partial charge in [0.25, 0.3) is 5.91 Å². The van der Waals surface area contributed by atoms with Crippen molar-refractivity contribution in [2.24, 2.45) is 0 Å². The van der Waals surface area contributed by atoms with Gasteiger partial charge in [-0.2, -0.15) is 0 Å². The zero-order valence-electron chi connectivity index (χ0n) is 14.2. The minimum absolute atomic E-state index is 0.0183. The van der Waals surface area contributed by atoms with E-state index in [0.29, 0.717) is 6.54 Å². The zero-order valence-corrected chi connectivity index (χ0v) is 14.2. The van der Waals surface area contributed by atoms with Gasteiger partial charge in [-0.25, -0.2) is 4.79 Å². The number of fused-ring (bicyclic) bond motifs is 1. The lowest BCUT2D eigenvalue weighted by atomic mass is 10.0. The lowest BCUT2D eigenvalue weighted by Crippen LogP contribution is -2.40. The summed E-state index contributed by atoms with van der Waals surface area (Å²) in [5, 5.41) is 10.2. The average Bonchev–Trinajstić information content (AvgIpc) is 2.80. The second-order valence-corrected chi connectivity index (χ2v) is 6.62. The number of ether oxygens (including phenoxy) is 1. The molecule has 2 saturated heterocycles. The number of aryl methyl sites for hydroxylation is 2. The van der Waals surface area contributed by atoms with Crippen LogP contribution in [-0.4, -0.2) is 58.7 Å². The van der Waals surface area contributed by atoms with E-state index in [2.05, 4.69) is 0 Å². The van der Waals surface area contributed by atoms with Gasteiger partial charge in [0, 0.05) is 6.54 Å². The number of aliphatic hydroxyl groups excluding tert-OH is 1. The molecular weight excluding hydrogens is 308 g/mol. The Balaban J connectivity index is 1.60. The van der Waals surface area contributed by atoms with E-state index in [9.17, 15) is 14.7 Å². The number of carbonyl (C=O) groups excluding carboxylic acids is 2. The Hall–Kier alpha value is -2.08. The number of hydrogen-bond acceptors (Lipinski definition) is 4. The van der Waals surface area contributed by atoms with Gasteiger partial charge < -0.3 is 14.7 Å². The number of hydrogen-bond donors (Lipinski definition) is 1. The summed E-state index contributed by atoms with van der Waals surface area (Å²) in [6.45, 7) is 4.55. The third kappa shape index (κ3) is 3.11. The topological polar surface area (TPSA) is 70.1 Å². The van der Waals surface area contributed by atoms with Crippen LogP contribution in [0.15, 0.2) is 18.2 Å². The maximum Gasteiger partial charge on any atom is 0.327 e.